The van der Waals surface area contributed by atoms with E-state index in [4.69, 9.17) is 38.4 Å². The van der Waals surface area contributed by atoms with Crippen molar-refractivity contribution in [2.75, 3.05) is 44.7 Å². The first-order valence-corrected chi connectivity index (χ1v) is 49.8. The molecule has 0 atom stereocenters. The summed E-state index contributed by atoms with van der Waals surface area (Å²) < 4.78 is 46.5. The molecule has 0 radical (unpaired) electrons. The van der Waals surface area contributed by atoms with Gasteiger partial charge in [0.25, 0.3) is 29.5 Å². The van der Waals surface area contributed by atoms with Crippen LogP contribution < -0.4 is 54.1 Å². The zero-order valence-electron chi connectivity index (χ0n) is 79.4. The van der Waals surface area contributed by atoms with Gasteiger partial charge in [0.05, 0.1) is 102 Å². The van der Waals surface area contributed by atoms with Gasteiger partial charge in [-0.2, -0.15) is 0 Å². The normalized spacial score (nSPS) is 12.2. The van der Waals surface area contributed by atoms with Gasteiger partial charge in [-0.05, 0) is 275 Å². The van der Waals surface area contributed by atoms with Crippen LogP contribution in [-0.2, 0) is 77.7 Å². The van der Waals surface area contributed by atoms with Crippen molar-refractivity contribution in [3.05, 3.63) is 462 Å². The number of carbonyl (C=O) groups excluding carboxylic acids is 9. The second kappa shape index (κ2) is 52.6. The zero-order valence-corrected chi connectivity index (χ0v) is 85.3. The molecule has 3 N–H and O–H groups in total. The van der Waals surface area contributed by atoms with Crippen LogP contribution in [0.2, 0.25) is 0 Å². The summed E-state index contributed by atoms with van der Waals surface area (Å²) in [6.07, 6.45) is 5.98. The minimum absolute atomic E-state index is 0.0471. The van der Waals surface area contributed by atoms with Gasteiger partial charge in [-0.1, -0.05) is 241 Å². The van der Waals surface area contributed by atoms with Crippen LogP contribution in [0.4, 0.5) is 28.4 Å². The molecule has 15 aromatic rings. The molecule has 5 aliphatic heterocycles. The van der Waals surface area contributed by atoms with Gasteiger partial charge >= 0.3 is 17.9 Å². The molecule has 24 nitrogen and oxygen atoms in total. The number of hydrogen-bond donors (Lipinski definition) is 3. The molecule has 15 aromatic carbocycles. The number of fused-ring (bicyclic) bond motifs is 10. The average Bonchev–Trinajstić information content (AvgIpc) is 1.67. The third-order valence-electron chi connectivity index (χ3n) is 22.7. The highest BCUT2D eigenvalue weighted by Crippen LogP contribution is 2.45. The number of benzene rings is 15. The van der Waals surface area contributed by atoms with E-state index in [0.717, 1.165) is 73.1 Å². The van der Waals surface area contributed by atoms with E-state index in [9.17, 15) is 43.2 Å². The predicted octanol–water partition coefficient (Wildman–Crippen LogP) is 26.6. The summed E-state index contributed by atoms with van der Waals surface area (Å²) in [5.41, 5.74) is 16.3. The van der Waals surface area contributed by atoms with Gasteiger partial charge in [0.1, 0.15) is 28.7 Å². The van der Waals surface area contributed by atoms with Gasteiger partial charge in [0.15, 0.2) is 28.7 Å². The maximum atomic E-state index is 13.3. The number of esters is 3. The number of nitrogens with one attached hydrogen (secondary N) is 2. The summed E-state index contributed by atoms with van der Waals surface area (Å²) in [5, 5.41) is 12.4. The summed E-state index contributed by atoms with van der Waals surface area (Å²) in [7, 11) is 0. The van der Waals surface area contributed by atoms with E-state index >= 15 is 0 Å². The Morgan fingerprint density at radius 3 is 0.972 bits per heavy atom. The first-order chi connectivity index (χ1) is 70.7. The van der Waals surface area contributed by atoms with Gasteiger partial charge < -0.3 is 62.8 Å². The van der Waals surface area contributed by atoms with Crippen molar-refractivity contribution in [2.24, 2.45) is 0 Å². The number of carbonyl (C=O) groups is 9. The monoisotopic (exact) mass is 2220 g/mol. The summed E-state index contributed by atoms with van der Waals surface area (Å²) in [4.78, 5) is 116. The van der Waals surface area contributed by atoms with E-state index in [0.29, 0.717) is 156 Å². The number of amides is 6. The van der Waals surface area contributed by atoms with Crippen molar-refractivity contribution in [1.29, 1.82) is 0 Å². The molecule has 0 saturated carbocycles. The Kier molecular flexibility index (Phi) is 38.0. The highest BCUT2D eigenvalue weighted by Gasteiger charge is 2.34. The molecule has 27 heteroatoms. The van der Waals surface area contributed by atoms with Crippen LogP contribution in [0.15, 0.2) is 383 Å². The molecule has 0 aromatic heterocycles. The third kappa shape index (κ3) is 28.7. The number of nitrogens with zero attached hydrogens (tertiary/aromatic N) is 4. The molecule has 5 aliphatic rings. The van der Waals surface area contributed by atoms with Crippen LogP contribution in [0, 0.1) is 7.14 Å². The highest BCUT2D eigenvalue weighted by atomic mass is 127. The van der Waals surface area contributed by atoms with E-state index in [1.165, 1.54) is 18.8 Å². The van der Waals surface area contributed by atoms with Crippen molar-refractivity contribution in [3.8, 4) is 57.5 Å². The smallest absolute Gasteiger partial charge is 0.330 e. The summed E-state index contributed by atoms with van der Waals surface area (Å²) in [6, 6.07) is 114. The van der Waals surface area contributed by atoms with Gasteiger partial charge in [-0.3, -0.25) is 38.8 Å². The van der Waals surface area contributed by atoms with Crippen molar-refractivity contribution >= 4 is 149 Å². The molecule has 0 fully saturated rings. The Balaban J connectivity index is 0.000000139. The minimum Gasteiger partial charge on any atom is -0.466 e. The van der Waals surface area contributed by atoms with Crippen LogP contribution in [0.1, 0.15) is 130 Å². The molecule has 0 unspecified atom stereocenters. The number of para-hydroxylation sites is 15. The second-order valence-electron chi connectivity index (χ2n) is 32.5. The van der Waals surface area contributed by atoms with Gasteiger partial charge in [0, 0.05) is 37.5 Å². The number of anilines is 5. The lowest BCUT2D eigenvalue weighted by Crippen LogP contribution is -2.29. The second-order valence-corrected chi connectivity index (χ2v) is 35.6. The zero-order chi connectivity index (χ0) is 102. The molecule has 0 spiro atoms. The molecule has 20 rings (SSSR count). The molecule has 6 amide bonds. The number of hydrogen-bond acceptors (Lipinski definition) is 18. The third-order valence-corrected chi connectivity index (χ3v) is 24.7. The lowest BCUT2D eigenvalue weighted by atomic mass is 10.1. The predicted molar refractivity (Wildman–Crippen MR) is 581 cm³/mol. The highest BCUT2D eigenvalue weighted by molar-refractivity contribution is 14.1. The number of aryl methyl sites for hydroxylation is 2. The maximum absolute atomic E-state index is 13.3. The van der Waals surface area contributed by atoms with Crippen LogP contribution in [0.3, 0.4) is 0 Å². The maximum Gasteiger partial charge on any atom is 0.330 e. The van der Waals surface area contributed by atoms with Gasteiger partial charge in [-0.25, -0.2) is 15.1 Å². The van der Waals surface area contributed by atoms with E-state index in [-0.39, 0.29) is 53.9 Å². The SMILES string of the molecule is BrCc1ccc(I)cc1.C=CC(=O)OCC.CCOC(=O)/C=C/c1ccc(CN2C(=O)c3ccccc3Oc3ccccc32)cc1.CCOC(=O)CCc1ccc(CN2C(=O)c3ccccc3Oc3ccccc32)cc1.O=C(CCc1ccc(CN2C(=O)c3ccccc3Oc3ccccc32)cc1)NO.O=C1Nc2ccccc2Oc2ccccc21.O=C1c2ccccc2Oc2ccccc2N1Cc1ccc(I)cc1. The van der Waals surface area contributed by atoms with Crippen LogP contribution in [-0.4, -0.2) is 78.4 Å². The molecule has 732 valence electrons. The Morgan fingerprint density at radius 2 is 0.628 bits per heavy atom. The van der Waals surface area contributed by atoms with Gasteiger partial charge in [0.2, 0.25) is 5.91 Å². The molecule has 0 bridgehead atoms. The average molecular weight is 2220 g/mol. The molecule has 5 heterocycles. The lowest BCUT2D eigenvalue weighted by Gasteiger charge is -2.22. The number of ether oxygens (including phenoxy) is 8. The molecular formula is C118H101BrI2N6O18. The molecule has 0 aliphatic carbocycles. The van der Waals surface area contributed by atoms with Crippen LogP contribution >= 0.6 is 61.1 Å². The molecule has 0 saturated heterocycles. The fourth-order valence-corrected chi connectivity index (χ4v) is 16.5. The Labute approximate surface area is 876 Å². The van der Waals surface area contributed by atoms with Crippen molar-refractivity contribution in [3.63, 3.8) is 0 Å². The topological polar surface area (TPSA) is 285 Å². The van der Waals surface area contributed by atoms with E-state index < -0.39 is 5.91 Å². The quantitative estimate of drug-likeness (QED) is 0.0115. The molecule has 145 heavy (non-hydrogen) atoms. The summed E-state index contributed by atoms with van der Waals surface area (Å²) in [5.74, 6) is 4.30. The molecular weight excluding hydrogens is 2120 g/mol. The van der Waals surface area contributed by atoms with Crippen LogP contribution in [0.5, 0.6) is 57.5 Å². The largest absolute Gasteiger partial charge is 0.466 e. The van der Waals surface area contributed by atoms with Crippen molar-refractivity contribution < 1.29 is 86.3 Å². The lowest BCUT2D eigenvalue weighted by molar-refractivity contribution is -0.143. The minimum atomic E-state index is -0.417. The number of halogens is 3. The summed E-state index contributed by atoms with van der Waals surface area (Å²) in [6.45, 7) is 11.4. The Morgan fingerprint density at radius 1 is 0.345 bits per heavy atom. The number of rotatable bonds is 21. The van der Waals surface area contributed by atoms with E-state index in [2.05, 4.69) is 126 Å². The fourth-order valence-electron chi connectivity index (χ4n) is 15.4. The van der Waals surface area contributed by atoms with E-state index in [1.807, 2.05) is 273 Å². The first kappa shape index (κ1) is 105. The van der Waals surface area contributed by atoms with Crippen molar-refractivity contribution in [1.82, 2.24) is 5.48 Å². The standard InChI is InChI=1S/C25H23NO4.C25H21NO4.C23H20N2O4.C20H14INO2.C13H9NO2.C7H6BrI.C5H8O2/c2*1-2-29-24(27)16-15-18-11-13-19(14-12-18)17-26-21-8-4-6-10-23(21)30-22-9-5-3-7-20(22)25(26)28;26-22(24-28)14-13-16-9-11-17(12-10-16)15-25-19-6-2-4-8-21(19)29-20-7-3-1-5-18(20)23(25)27;21-15-11-9-14(10-12-15)13-22-17-6-2-4-8-19(17)24-18-7-3-1-5-16(18)20(22)23;15-13-9-5-1-3-7-11(9)16-12-8-4-2-6-10(12)14-13;8-5-6-1-3-7(9)4-2-6;1-3-5(6)7-4-2/h3-14H,2,15-17H2,1H3;3-16H,2,17H2,1H3;1-12,28H,13-15H2,(H,24,26);1-12H,13H2;1-8H,(H,14,15);1-4H,5H2;3H,1,4H2,2H3/b;16-15+;;;;;. The Hall–Kier alpha value is -16.1. The summed E-state index contributed by atoms with van der Waals surface area (Å²) >= 11 is 7.95. The Bertz CT molecular complexity index is 7130. The number of alkyl halides is 1. The van der Waals surface area contributed by atoms with Crippen LogP contribution in [0.25, 0.3) is 6.08 Å². The van der Waals surface area contributed by atoms with E-state index in [1.54, 1.807) is 94.4 Å². The fraction of sp³-hybridized carbons (Fsp3) is 0.127. The van der Waals surface area contributed by atoms with Gasteiger partial charge in [-0.15, -0.1) is 0 Å². The van der Waals surface area contributed by atoms with Crippen molar-refractivity contribution in [2.45, 2.75) is 78.0 Å². The first-order valence-electron chi connectivity index (χ1n) is 46.6. The number of hydroxylamine groups is 1.